The average Bonchev–Trinajstić information content (AvgIpc) is 2.04. The smallest absolute Gasteiger partial charge is 0.0578 e. The van der Waals surface area contributed by atoms with Crippen molar-refractivity contribution in [3.05, 3.63) is 0 Å². The van der Waals surface area contributed by atoms with Crippen LogP contribution in [0.25, 0.3) is 0 Å². The molecule has 74 valence electrons. The highest BCUT2D eigenvalue weighted by Crippen LogP contribution is 2.26. The minimum absolute atomic E-state index is 0.0951. The third kappa shape index (κ3) is 3.78. The lowest BCUT2D eigenvalue weighted by molar-refractivity contribution is 0.0567. The summed E-state index contributed by atoms with van der Waals surface area (Å²) in [5, 5.41) is 9.48. The predicted octanol–water partition coefficient (Wildman–Crippen LogP) is 1.48. The van der Waals surface area contributed by atoms with E-state index in [4.69, 9.17) is 5.73 Å². The second kappa shape index (κ2) is 5.84. The Hall–Kier alpha value is 0.270. The normalized spacial score (nSPS) is 18.8. The molecule has 12 heavy (non-hydrogen) atoms. The zero-order valence-electron chi connectivity index (χ0n) is 8.34. The van der Waals surface area contributed by atoms with Crippen LogP contribution in [0.15, 0.2) is 0 Å². The molecule has 0 aliphatic carbocycles. The van der Waals surface area contributed by atoms with Gasteiger partial charge in [0.2, 0.25) is 0 Å². The highest BCUT2D eigenvalue weighted by molar-refractivity contribution is 7.99. The van der Waals surface area contributed by atoms with Crippen LogP contribution in [0, 0.1) is 5.41 Å². The third-order valence-electron chi connectivity index (χ3n) is 2.50. The van der Waals surface area contributed by atoms with Crippen molar-refractivity contribution in [1.29, 1.82) is 0 Å². The van der Waals surface area contributed by atoms with Crippen molar-refractivity contribution in [2.75, 3.05) is 18.1 Å². The Kier molecular flexibility index (Phi) is 5.97. The van der Waals surface area contributed by atoms with Gasteiger partial charge in [-0.05, 0) is 24.9 Å². The summed E-state index contributed by atoms with van der Waals surface area (Å²) in [5.41, 5.74) is 5.53. The van der Waals surface area contributed by atoms with Gasteiger partial charge in [0.1, 0.15) is 0 Å². The van der Waals surface area contributed by atoms with Gasteiger partial charge in [-0.2, -0.15) is 11.8 Å². The van der Waals surface area contributed by atoms with Crippen LogP contribution in [0.1, 0.15) is 27.2 Å². The summed E-state index contributed by atoms with van der Waals surface area (Å²) in [5.74, 6) is 2.23. The molecule has 2 nitrogen and oxygen atoms in total. The summed E-state index contributed by atoms with van der Waals surface area (Å²) < 4.78 is 0. The molecule has 2 atom stereocenters. The van der Waals surface area contributed by atoms with Gasteiger partial charge < -0.3 is 10.8 Å². The van der Waals surface area contributed by atoms with E-state index in [1.54, 1.807) is 0 Å². The summed E-state index contributed by atoms with van der Waals surface area (Å²) in [6.45, 7) is 6.58. The molecule has 0 aromatic heterocycles. The summed E-state index contributed by atoms with van der Waals surface area (Å²) in [6.07, 6.45) is 0.694. The van der Waals surface area contributed by atoms with Crippen molar-refractivity contribution in [3.63, 3.8) is 0 Å². The Balaban J connectivity index is 3.80. The Bertz CT molecular complexity index is 119. The molecule has 3 heteroatoms. The molecule has 0 aromatic carbocycles. The number of aliphatic hydroxyl groups excluding tert-OH is 1. The van der Waals surface area contributed by atoms with E-state index in [1.165, 1.54) is 0 Å². The Morgan fingerprint density at radius 3 is 2.50 bits per heavy atom. The number of nitrogens with two attached hydrogens (primary N) is 1. The molecule has 2 unspecified atom stereocenters. The Morgan fingerprint density at radius 1 is 1.58 bits per heavy atom. The van der Waals surface area contributed by atoms with Crippen LogP contribution < -0.4 is 5.73 Å². The van der Waals surface area contributed by atoms with E-state index in [1.807, 2.05) is 25.6 Å². The highest BCUT2D eigenvalue weighted by Gasteiger charge is 2.27. The van der Waals surface area contributed by atoms with Crippen LogP contribution in [0.2, 0.25) is 0 Å². The molecule has 0 saturated carbocycles. The van der Waals surface area contributed by atoms with Crippen LogP contribution in [-0.4, -0.2) is 29.3 Å². The maximum Gasteiger partial charge on any atom is 0.0578 e. The number of hydrogen-bond donors (Lipinski definition) is 2. The first-order valence-electron chi connectivity index (χ1n) is 4.52. The van der Waals surface area contributed by atoms with Crippen molar-refractivity contribution in [3.8, 4) is 0 Å². The van der Waals surface area contributed by atoms with Crippen molar-refractivity contribution in [2.24, 2.45) is 11.1 Å². The SMILES string of the molecule is CCSCCC(C)(CN)C(C)O. The van der Waals surface area contributed by atoms with Crippen LogP contribution in [0.4, 0.5) is 0 Å². The standard InChI is InChI=1S/C9H21NOS/c1-4-12-6-5-9(3,7-10)8(2)11/h8,11H,4-7,10H2,1-3H3. The van der Waals surface area contributed by atoms with Gasteiger partial charge >= 0.3 is 0 Å². The van der Waals surface area contributed by atoms with E-state index < -0.39 is 0 Å². The van der Waals surface area contributed by atoms with Gasteiger partial charge in [-0.15, -0.1) is 0 Å². The molecule has 0 spiro atoms. The summed E-state index contributed by atoms with van der Waals surface area (Å²) in [4.78, 5) is 0. The fraction of sp³-hybridized carbons (Fsp3) is 1.00. The molecular weight excluding hydrogens is 170 g/mol. The van der Waals surface area contributed by atoms with Gasteiger partial charge in [0.05, 0.1) is 6.10 Å². The fourth-order valence-electron chi connectivity index (χ4n) is 0.931. The largest absolute Gasteiger partial charge is 0.393 e. The zero-order chi connectivity index (χ0) is 9.61. The predicted molar refractivity (Wildman–Crippen MR) is 56.5 cm³/mol. The topological polar surface area (TPSA) is 46.2 Å². The summed E-state index contributed by atoms with van der Waals surface area (Å²) >= 11 is 1.90. The molecule has 0 amide bonds. The number of rotatable bonds is 6. The van der Waals surface area contributed by atoms with Crippen LogP contribution in [0.5, 0.6) is 0 Å². The van der Waals surface area contributed by atoms with Crippen molar-refractivity contribution in [2.45, 2.75) is 33.3 Å². The lowest BCUT2D eigenvalue weighted by Gasteiger charge is -2.30. The quantitative estimate of drug-likeness (QED) is 0.625. The molecule has 3 N–H and O–H groups in total. The van der Waals surface area contributed by atoms with Crippen molar-refractivity contribution < 1.29 is 5.11 Å². The van der Waals surface area contributed by atoms with Gasteiger partial charge in [-0.25, -0.2) is 0 Å². The number of thioether (sulfide) groups is 1. The summed E-state index contributed by atoms with van der Waals surface area (Å²) in [7, 11) is 0. The van der Waals surface area contributed by atoms with Gasteiger partial charge in [-0.3, -0.25) is 0 Å². The van der Waals surface area contributed by atoms with Crippen molar-refractivity contribution in [1.82, 2.24) is 0 Å². The third-order valence-corrected chi connectivity index (χ3v) is 3.40. The van der Waals surface area contributed by atoms with Crippen molar-refractivity contribution >= 4 is 11.8 Å². The maximum absolute atomic E-state index is 9.48. The second-order valence-electron chi connectivity index (χ2n) is 3.48. The molecule has 0 bridgehead atoms. The monoisotopic (exact) mass is 191 g/mol. The summed E-state index contributed by atoms with van der Waals surface area (Å²) in [6, 6.07) is 0. The van der Waals surface area contributed by atoms with Gasteiger partial charge in [0, 0.05) is 12.0 Å². The van der Waals surface area contributed by atoms with E-state index in [0.29, 0.717) is 6.54 Å². The minimum atomic E-state index is -0.306. The molecule has 0 aromatic rings. The molecule has 0 radical (unpaired) electrons. The molecule has 0 aliphatic heterocycles. The minimum Gasteiger partial charge on any atom is -0.393 e. The Labute approximate surface area is 79.9 Å². The van der Waals surface area contributed by atoms with Crippen LogP contribution >= 0.6 is 11.8 Å². The highest BCUT2D eigenvalue weighted by atomic mass is 32.2. The van der Waals surface area contributed by atoms with E-state index in [-0.39, 0.29) is 11.5 Å². The Morgan fingerprint density at radius 2 is 2.17 bits per heavy atom. The van der Waals surface area contributed by atoms with E-state index in [0.717, 1.165) is 17.9 Å². The first kappa shape index (κ1) is 12.3. The molecule has 0 fully saturated rings. The fourth-order valence-corrected chi connectivity index (χ4v) is 1.83. The lowest BCUT2D eigenvalue weighted by atomic mass is 9.82. The van der Waals surface area contributed by atoms with Crippen LogP contribution in [-0.2, 0) is 0 Å². The number of aliphatic hydroxyl groups is 1. The lowest BCUT2D eigenvalue weighted by Crippen LogP contribution is -2.38. The first-order valence-corrected chi connectivity index (χ1v) is 5.68. The zero-order valence-corrected chi connectivity index (χ0v) is 9.16. The molecular formula is C9H21NOS. The molecule has 0 heterocycles. The first-order chi connectivity index (χ1) is 5.56. The van der Waals surface area contributed by atoms with Crippen LogP contribution in [0.3, 0.4) is 0 Å². The number of hydrogen-bond acceptors (Lipinski definition) is 3. The average molecular weight is 191 g/mol. The van der Waals surface area contributed by atoms with E-state index >= 15 is 0 Å². The maximum atomic E-state index is 9.48. The molecule has 0 saturated heterocycles. The van der Waals surface area contributed by atoms with E-state index in [9.17, 15) is 5.11 Å². The molecule has 0 aliphatic rings. The van der Waals surface area contributed by atoms with Gasteiger partial charge in [0.25, 0.3) is 0 Å². The molecule has 0 rings (SSSR count). The van der Waals surface area contributed by atoms with Gasteiger partial charge in [0.15, 0.2) is 0 Å². The second-order valence-corrected chi connectivity index (χ2v) is 4.87. The van der Waals surface area contributed by atoms with E-state index in [2.05, 4.69) is 6.92 Å². The van der Waals surface area contributed by atoms with Gasteiger partial charge in [-0.1, -0.05) is 13.8 Å².